The molecule has 1 heterocycles. The molecule has 1 aromatic carbocycles. The van der Waals surface area contributed by atoms with E-state index in [1.165, 1.54) is 10.5 Å². The van der Waals surface area contributed by atoms with E-state index < -0.39 is 11.5 Å². The Labute approximate surface area is 195 Å². The lowest BCUT2D eigenvalue weighted by molar-refractivity contribution is -0.137. The van der Waals surface area contributed by atoms with Gasteiger partial charge in [-0.05, 0) is 66.4 Å². The molecule has 0 saturated heterocycles. The smallest absolute Gasteiger partial charge is 0.322 e. The molecule has 1 atom stereocenters. The minimum absolute atomic E-state index is 0.109. The van der Waals surface area contributed by atoms with Crippen LogP contribution in [0.2, 0.25) is 5.02 Å². The summed E-state index contributed by atoms with van der Waals surface area (Å²) in [7, 11) is 1.63. The van der Waals surface area contributed by atoms with Gasteiger partial charge in [-0.2, -0.15) is 0 Å². The number of rotatable bonds is 8. The van der Waals surface area contributed by atoms with Gasteiger partial charge in [-0.15, -0.1) is 0 Å². The number of carboxylic acid groups (broad SMARTS) is 1. The molecule has 0 unspecified atom stereocenters. The molecule has 3 rings (SSSR count). The Hall–Kier alpha value is -2.31. The Kier molecular flexibility index (Phi) is 7.36. The molecule has 0 aromatic heterocycles. The molecule has 174 valence electrons. The highest BCUT2D eigenvalue weighted by molar-refractivity contribution is 6.32. The number of methoxy groups -OCH3 is 1. The number of aliphatic carboxylic acids is 1. The van der Waals surface area contributed by atoms with Crippen molar-refractivity contribution < 1.29 is 19.4 Å². The van der Waals surface area contributed by atoms with Crippen molar-refractivity contribution in [3.63, 3.8) is 0 Å². The van der Waals surface area contributed by atoms with E-state index in [1.54, 1.807) is 13.3 Å². The fraction of sp³-hybridized carbons (Fsp3) is 0.520. The quantitative estimate of drug-likeness (QED) is 0.531. The summed E-state index contributed by atoms with van der Waals surface area (Å²) in [6, 6.07) is 5.68. The summed E-state index contributed by atoms with van der Waals surface area (Å²) >= 11 is 6.74. The monoisotopic (exact) mass is 460 g/mol. The van der Waals surface area contributed by atoms with E-state index in [9.17, 15) is 9.59 Å². The molecule has 1 aliphatic heterocycles. The van der Waals surface area contributed by atoms with Gasteiger partial charge in [-0.1, -0.05) is 43.7 Å². The second-order valence-corrected chi connectivity index (χ2v) is 9.99. The summed E-state index contributed by atoms with van der Waals surface area (Å²) < 4.78 is 5.27. The van der Waals surface area contributed by atoms with Crippen molar-refractivity contribution in [2.24, 2.45) is 5.41 Å². The maximum atomic E-state index is 12.8. The van der Waals surface area contributed by atoms with Crippen LogP contribution in [0.3, 0.4) is 0 Å². The van der Waals surface area contributed by atoms with Crippen molar-refractivity contribution in [2.45, 2.75) is 58.4 Å². The molecule has 2 N–H and O–H groups in total. The number of carbonyl (C=O) groups is 2. The van der Waals surface area contributed by atoms with E-state index in [4.69, 9.17) is 21.4 Å². The number of hydrogen-bond acceptors (Lipinski definition) is 3. The van der Waals surface area contributed by atoms with Gasteiger partial charge in [0.2, 0.25) is 0 Å². The Bertz CT molecular complexity index is 953. The molecular weight excluding hydrogens is 428 g/mol. The van der Waals surface area contributed by atoms with Crippen LogP contribution in [0.5, 0.6) is 0 Å². The van der Waals surface area contributed by atoms with Crippen LogP contribution >= 0.6 is 11.6 Å². The van der Waals surface area contributed by atoms with E-state index in [-0.39, 0.29) is 19.0 Å². The van der Waals surface area contributed by atoms with Crippen molar-refractivity contribution in [3.05, 3.63) is 52.2 Å². The molecule has 1 aromatic rings. The van der Waals surface area contributed by atoms with E-state index >= 15 is 0 Å². The van der Waals surface area contributed by atoms with Crippen LogP contribution in [-0.4, -0.2) is 42.3 Å². The van der Waals surface area contributed by atoms with Crippen molar-refractivity contribution in [1.29, 1.82) is 0 Å². The average Bonchev–Trinajstić information content (AvgIpc) is 2.72. The number of amides is 2. The molecule has 0 saturated carbocycles. The maximum Gasteiger partial charge on any atom is 0.322 e. The molecule has 32 heavy (non-hydrogen) atoms. The summed E-state index contributed by atoms with van der Waals surface area (Å²) in [5.41, 5.74) is 3.70. The first-order valence-corrected chi connectivity index (χ1v) is 11.4. The Morgan fingerprint density at radius 3 is 2.66 bits per heavy atom. The number of carboxylic acids is 1. The number of hydrogen-bond donors (Lipinski definition) is 2. The molecule has 7 heteroatoms. The SMILES string of the molecule is COCCC1=CN(CCC(=O)O)C(=O)N[C@@]1(C)c1ccc(C2=CCC(C)(C)CC2)c(Cl)c1. The third-order valence-electron chi connectivity index (χ3n) is 6.58. The highest BCUT2D eigenvalue weighted by atomic mass is 35.5. The third-order valence-corrected chi connectivity index (χ3v) is 6.89. The number of nitrogens with zero attached hydrogens (tertiary/aromatic N) is 1. The molecule has 2 aliphatic rings. The molecule has 0 fully saturated rings. The van der Waals surface area contributed by atoms with Crippen LogP contribution in [-0.2, 0) is 15.1 Å². The van der Waals surface area contributed by atoms with Crippen molar-refractivity contribution >= 4 is 29.2 Å². The van der Waals surface area contributed by atoms with E-state index in [1.807, 2.05) is 25.1 Å². The highest BCUT2D eigenvalue weighted by Gasteiger charge is 2.38. The van der Waals surface area contributed by atoms with E-state index in [2.05, 4.69) is 25.2 Å². The minimum atomic E-state index is -0.944. The number of ether oxygens (including phenoxy) is 1. The predicted octanol–water partition coefficient (Wildman–Crippen LogP) is 5.57. The number of carbonyl (C=O) groups excluding carboxylic acids is 1. The van der Waals surface area contributed by atoms with Gasteiger partial charge >= 0.3 is 12.0 Å². The molecule has 0 spiro atoms. The molecule has 0 bridgehead atoms. The Morgan fingerprint density at radius 2 is 2.06 bits per heavy atom. The topological polar surface area (TPSA) is 78.9 Å². The zero-order valence-electron chi connectivity index (χ0n) is 19.3. The van der Waals surface area contributed by atoms with Crippen LogP contribution in [0.15, 0.2) is 36.0 Å². The van der Waals surface area contributed by atoms with Crippen LogP contribution in [0.4, 0.5) is 4.79 Å². The van der Waals surface area contributed by atoms with E-state index in [0.717, 1.165) is 36.0 Å². The standard InChI is InChI=1S/C25H33ClN2O4/c1-24(2)11-7-17(8-12-24)20-6-5-18(15-21(20)26)25(3)19(10-14-32-4)16-28(23(31)27-25)13-9-22(29)30/h5-7,15-16H,8-14H2,1-4H3,(H,27,31)(H,29,30)/t25-/m0/s1. The largest absolute Gasteiger partial charge is 0.481 e. The summed E-state index contributed by atoms with van der Waals surface area (Å²) in [6.07, 6.45) is 7.68. The number of urea groups is 1. The number of benzene rings is 1. The number of nitrogens with one attached hydrogen (secondary N) is 1. The predicted molar refractivity (Wildman–Crippen MR) is 126 cm³/mol. The molecule has 1 aliphatic carbocycles. The maximum absolute atomic E-state index is 12.8. The zero-order chi connectivity index (χ0) is 23.5. The van der Waals surface area contributed by atoms with Gasteiger partial charge in [0.15, 0.2) is 0 Å². The van der Waals surface area contributed by atoms with Gasteiger partial charge in [0.25, 0.3) is 0 Å². The van der Waals surface area contributed by atoms with Crippen molar-refractivity contribution in [1.82, 2.24) is 10.2 Å². The van der Waals surface area contributed by atoms with Gasteiger partial charge in [-0.25, -0.2) is 4.79 Å². The minimum Gasteiger partial charge on any atom is -0.481 e. The third kappa shape index (κ3) is 5.36. The highest BCUT2D eigenvalue weighted by Crippen LogP contribution is 2.42. The molecule has 6 nitrogen and oxygen atoms in total. The molecular formula is C25H33ClN2O4. The average molecular weight is 461 g/mol. The van der Waals surface area contributed by atoms with Crippen molar-refractivity contribution in [2.75, 3.05) is 20.3 Å². The summed E-state index contributed by atoms with van der Waals surface area (Å²) in [5.74, 6) is -0.944. The lowest BCUT2D eigenvalue weighted by atomic mass is 9.76. The van der Waals surface area contributed by atoms with E-state index in [0.29, 0.717) is 23.5 Å². The first kappa shape index (κ1) is 24.3. The van der Waals surface area contributed by atoms with Crippen LogP contribution < -0.4 is 5.32 Å². The van der Waals surface area contributed by atoms with Crippen molar-refractivity contribution in [3.8, 4) is 0 Å². The van der Waals surface area contributed by atoms with Crippen LogP contribution in [0.1, 0.15) is 64.0 Å². The van der Waals surface area contributed by atoms with Gasteiger partial charge in [0, 0.05) is 24.9 Å². The second kappa shape index (κ2) is 9.67. The number of halogens is 1. The lowest BCUT2D eigenvalue weighted by Gasteiger charge is -2.41. The van der Waals surface area contributed by atoms with Gasteiger partial charge in [0.05, 0.1) is 18.6 Å². The van der Waals surface area contributed by atoms with Gasteiger partial charge < -0.3 is 20.1 Å². The lowest BCUT2D eigenvalue weighted by Crippen LogP contribution is -2.54. The summed E-state index contributed by atoms with van der Waals surface area (Å²) in [4.78, 5) is 25.2. The Balaban J connectivity index is 1.92. The first-order chi connectivity index (χ1) is 15.1. The summed E-state index contributed by atoms with van der Waals surface area (Å²) in [5, 5.41) is 12.7. The fourth-order valence-electron chi connectivity index (χ4n) is 4.32. The van der Waals surface area contributed by atoms with Crippen LogP contribution in [0.25, 0.3) is 5.57 Å². The molecule has 2 amide bonds. The van der Waals surface area contributed by atoms with Crippen LogP contribution in [0, 0.1) is 5.41 Å². The summed E-state index contributed by atoms with van der Waals surface area (Å²) in [6.45, 7) is 7.11. The normalized spacial score (nSPS) is 22.8. The Morgan fingerprint density at radius 1 is 1.31 bits per heavy atom. The zero-order valence-corrected chi connectivity index (χ0v) is 20.1. The second-order valence-electron chi connectivity index (χ2n) is 9.58. The number of allylic oxidation sites excluding steroid dienone is 2. The first-order valence-electron chi connectivity index (χ1n) is 11.1. The fourth-order valence-corrected chi connectivity index (χ4v) is 4.62. The van der Waals surface area contributed by atoms with Gasteiger partial charge in [-0.3, -0.25) is 4.79 Å². The molecule has 0 radical (unpaired) electrons. The van der Waals surface area contributed by atoms with Gasteiger partial charge in [0.1, 0.15) is 0 Å².